The number of rotatable bonds is 6. The summed E-state index contributed by atoms with van der Waals surface area (Å²) in [6, 6.07) is 5.39. The van der Waals surface area contributed by atoms with Crippen LogP contribution in [0.15, 0.2) is 52.3 Å². The Balaban J connectivity index is 1.48. The first-order chi connectivity index (χ1) is 16.1. The van der Waals surface area contributed by atoms with Crippen LogP contribution in [-0.2, 0) is 0 Å². The van der Waals surface area contributed by atoms with Gasteiger partial charge in [0.05, 0.1) is 12.4 Å². The van der Waals surface area contributed by atoms with E-state index in [1.54, 1.807) is 36.0 Å². The van der Waals surface area contributed by atoms with Gasteiger partial charge in [-0.2, -0.15) is 9.61 Å². The number of carbonyl (C=O) groups is 1. The lowest BCUT2D eigenvalue weighted by atomic mass is 9.95. The van der Waals surface area contributed by atoms with E-state index in [9.17, 15) is 9.59 Å². The molecule has 1 amide bonds. The van der Waals surface area contributed by atoms with Crippen LogP contribution in [-0.4, -0.2) is 43.1 Å². The van der Waals surface area contributed by atoms with Gasteiger partial charge in [0.1, 0.15) is 29.1 Å². The summed E-state index contributed by atoms with van der Waals surface area (Å²) in [5.41, 5.74) is 0.700. The van der Waals surface area contributed by atoms with Crippen molar-refractivity contribution in [3.63, 3.8) is 0 Å². The van der Waals surface area contributed by atoms with Crippen molar-refractivity contribution in [3.8, 4) is 6.01 Å². The minimum atomic E-state index is -0.351. The van der Waals surface area contributed by atoms with Crippen molar-refractivity contribution in [3.05, 3.63) is 59.0 Å². The van der Waals surface area contributed by atoms with Gasteiger partial charge < -0.3 is 20.4 Å². The molecule has 1 fully saturated rings. The zero-order valence-corrected chi connectivity index (χ0v) is 18.1. The molecule has 0 saturated heterocycles. The van der Waals surface area contributed by atoms with Gasteiger partial charge in [-0.15, -0.1) is 0 Å². The first kappa shape index (κ1) is 20.7. The number of nitrogens with zero attached hydrogens (tertiary/aromatic N) is 5. The Labute approximate surface area is 188 Å². The molecule has 0 aromatic carbocycles. The zero-order valence-electron chi connectivity index (χ0n) is 18.1. The molecular formula is C22H24N8O3. The van der Waals surface area contributed by atoms with Crippen molar-refractivity contribution >= 4 is 28.9 Å². The average Bonchev–Trinajstić information content (AvgIpc) is 3.51. The first-order valence-electron chi connectivity index (χ1n) is 10.9. The summed E-state index contributed by atoms with van der Waals surface area (Å²) in [6.45, 7) is 0. The molecule has 33 heavy (non-hydrogen) atoms. The Morgan fingerprint density at radius 3 is 2.85 bits per heavy atom. The van der Waals surface area contributed by atoms with Crippen molar-refractivity contribution in [1.82, 2.24) is 29.5 Å². The smallest absolute Gasteiger partial charge is 0.308 e. The van der Waals surface area contributed by atoms with Gasteiger partial charge in [-0.1, -0.05) is 19.3 Å². The molecule has 170 valence electrons. The molecule has 4 aromatic rings. The third-order valence-corrected chi connectivity index (χ3v) is 5.75. The van der Waals surface area contributed by atoms with Crippen molar-refractivity contribution in [2.45, 2.75) is 38.1 Å². The quantitative estimate of drug-likeness (QED) is 0.410. The number of amides is 1. The summed E-state index contributed by atoms with van der Waals surface area (Å²) >= 11 is 0. The van der Waals surface area contributed by atoms with Crippen molar-refractivity contribution in [2.24, 2.45) is 0 Å². The van der Waals surface area contributed by atoms with Crippen LogP contribution >= 0.6 is 0 Å². The fraction of sp³-hybridized carbons (Fsp3) is 0.318. The molecule has 0 aliphatic heterocycles. The van der Waals surface area contributed by atoms with E-state index in [-0.39, 0.29) is 29.2 Å². The molecule has 0 unspecified atom stereocenters. The number of hydrogen-bond donors (Lipinski definition) is 3. The maximum absolute atomic E-state index is 13.0. The Kier molecular flexibility index (Phi) is 5.51. The molecule has 0 radical (unpaired) electrons. The second-order valence-corrected chi connectivity index (χ2v) is 7.92. The minimum absolute atomic E-state index is 0.167. The number of aromatic nitrogens is 5. The van der Waals surface area contributed by atoms with E-state index in [1.807, 2.05) is 0 Å². The van der Waals surface area contributed by atoms with Crippen LogP contribution in [0.5, 0.6) is 0 Å². The molecule has 4 heterocycles. The molecule has 0 spiro atoms. The lowest BCUT2D eigenvalue weighted by Gasteiger charge is -2.22. The van der Waals surface area contributed by atoms with Gasteiger partial charge >= 0.3 is 6.01 Å². The Bertz CT molecular complexity index is 1340. The van der Waals surface area contributed by atoms with Gasteiger partial charge in [0.15, 0.2) is 5.65 Å². The third kappa shape index (κ3) is 4.04. The highest BCUT2D eigenvalue weighted by Gasteiger charge is 2.21. The zero-order chi connectivity index (χ0) is 22.8. The highest BCUT2D eigenvalue weighted by atomic mass is 16.4. The SMILES string of the molecule is CNc1cc(Nc2cccn(-c3ncco3)c2=O)nc2c(C(=O)NC3CCCCC3)cnn12. The largest absolute Gasteiger partial charge is 0.432 e. The number of nitrogens with one attached hydrogen (secondary N) is 3. The Morgan fingerprint density at radius 1 is 1.24 bits per heavy atom. The van der Waals surface area contributed by atoms with Crippen LogP contribution in [0.1, 0.15) is 42.5 Å². The maximum atomic E-state index is 13.0. The number of oxazole rings is 1. The van der Waals surface area contributed by atoms with E-state index in [0.29, 0.717) is 22.8 Å². The van der Waals surface area contributed by atoms with E-state index in [0.717, 1.165) is 25.7 Å². The van der Waals surface area contributed by atoms with E-state index in [2.05, 4.69) is 31.0 Å². The molecule has 1 aliphatic rings. The first-order valence-corrected chi connectivity index (χ1v) is 10.9. The number of hydrogen-bond acceptors (Lipinski definition) is 8. The molecule has 3 N–H and O–H groups in total. The molecule has 5 rings (SSSR count). The van der Waals surface area contributed by atoms with Gasteiger partial charge in [-0.3, -0.25) is 9.59 Å². The van der Waals surface area contributed by atoms with Crippen LogP contribution in [0, 0.1) is 0 Å². The Hall–Kier alpha value is -4.15. The monoisotopic (exact) mass is 448 g/mol. The highest BCUT2D eigenvalue weighted by molar-refractivity contribution is 6.00. The summed E-state index contributed by atoms with van der Waals surface area (Å²) in [5, 5.41) is 13.6. The summed E-state index contributed by atoms with van der Waals surface area (Å²) in [7, 11) is 1.75. The molecule has 0 bridgehead atoms. The van der Waals surface area contributed by atoms with Crippen molar-refractivity contribution in [1.29, 1.82) is 0 Å². The fourth-order valence-corrected chi connectivity index (χ4v) is 4.09. The average molecular weight is 448 g/mol. The molecular weight excluding hydrogens is 424 g/mol. The lowest BCUT2D eigenvalue weighted by molar-refractivity contribution is 0.0929. The second-order valence-electron chi connectivity index (χ2n) is 7.92. The standard InChI is InChI=1S/C22H24N8O3/c1-23-18-12-17(27-16-8-5-10-29(21(16)32)22-24-9-11-33-22)28-19-15(13-25-30(18)19)20(31)26-14-6-3-2-4-7-14/h5,8-14,23H,2-4,6-7H2,1H3,(H,26,31)(H,27,28). The normalized spacial score (nSPS) is 14.3. The molecule has 4 aromatic heterocycles. The number of anilines is 3. The van der Waals surface area contributed by atoms with Crippen LogP contribution < -0.4 is 21.5 Å². The molecule has 0 atom stereocenters. The van der Waals surface area contributed by atoms with Crippen LogP contribution in [0.3, 0.4) is 0 Å². The summed E-state index contributed by atoms with van der Waals surface area (Å²) in [5.74, 6) is 0.805. The number of carbonyl (C=O) groups excluding carboxylic acids is 1. The van der Waals surface area contributed by atoms with E-state index in [1.165, 1.54) is 29.6 Å². The van der Waals surface area contributed by atoms with Crippen LogP contribution in [0.4, 0.5) is 17.3 Å². The maximum Gasteiger partial charge on any atom is 0.308 e. The molecule has 1 aliphatic carbocycles. The van der Waals surface area contributed by atoms with Gasteiger partial charge in [0, 0.05) is 25.4 Å². The van der Waals surface area contributed by atoms with E-state index >= 15 is 0 Å². The summed E-state index contributed by atoms with van der Waals surface area (Å²) < 4.78 is 8.10. The van der Waals surface area contributed by atoms with Crippen molar-refractivity contribution < 1.29 is 9.21 Å². The predicted octanol–water partition coefficient (Wildman–Crippen LogP) is 2.72. The van der Waals surface area contributed by atoms with Crippen LogP contribution in [0.2, 0.25) is 0 Å². The topological polar surface area (TPSA) is 131 Å². The van der Waals surface area contributed by atoms with Gasteiger partial charge in [0.25, 0.3) is 11.5 Å². The minimum Gasteiger partial charge on any atom is -0.432 e. The van der Waals surface area contributed by atoms with E-state index in [4.69, 9.17) is 4.42 Å². The van der Waals surface area contributed by atoms with Gasteiger partial charge in [0.2, 0.25) is 0 Å². The predicted molar refractivity (Wildman–Crippen MR) is 122 cm³/mol. The van der Waals surface area contributed by atoms with E-state index < -0.39 is 0 Å². The fourth-order valence-electron chi connectivity index (χ4n) is 4.09. The second kappa shape index (κ2) is 8.77. The number of pyridine rings is 1. The van der Waals surface area contributed by atoms with Gasteiger partial charge in [-0.25, -0.2) is 14.5 Å². The summed E-state index contributed by atoms with van der Waals surface area (Å²) in [6.07, 6.45) is 11.4. The van der Waals surface area contributed by atoms with Crippen molar-refractivity contribution in [2.75, 3.05) is 17.7 Å². The molecule has 11 nitrogen and oxygen atoms in total. The molecule has 1 saturated carbocycles. The lowest BCUT2D eigenvalue weighted by Crippen LogP contribution is -2.36. The molecule has 11 heteroatoms. The van der Waals surface area contributed by atoms with Gasteiger partial charge in [-0.05, 0) is 25.0 Å². The Morgan fingerprint density at radius 2 is 2.09 bits per heavy atom. The summed E-state index contributed by atoms with van der Waals surface area (Å²) in [4.78, 5) is 34.5. The van der Waals surface area contributed by atoms with Crippen LogP contribution in [0.25, 0.3) is 11.7 Å². The third-order valence-electron chi connectivity index (χ3n) is 5.75. The highest BCUT2D eigenvalue weighted by Crippen LogP contribution is 2.22. The number of fused-ring (bicyclic) bond motifs is 1.